The first-order valence-corrected chi connectivity index (χ1v) is 10.8. The van der Waals surface area contributed by atoms with Crippen molar-refractivity contribution in [3.05, 3.63) is 29.8 Å². The minimum absolute atomic E-state index is 0. The van der Waals surface area contributed by atoms with Crippen molar-refractivity contribution in [2.24, 2.45) is 10.9 Å². The summed E-state index contributed by atoms with van der Waals surface area (Å²) in [6, 6.07) is 8.89. The Morgan fingerprint density at radius 2 is 1.90 bits per heavy atom. The summed E-state index contributed by atoms with van der Waals surface area (Å²) < 4.78 is 5.42. The number of carbonyl (C=O) groups is 1. The van der Waals surface area contributed by atoms with Gasteiger partial charge in [0, 0.05) is 50.4 Å². The van der Waals surface area contributed by atoms with Crippen LogP contribution in [0.25, 0.3) is 0 Å². The highest BCUT2D eigenvalue weighted by molar-refractivity contribution is 14.0. The molecule has 0 radical (unpaired) electrons. The van der Waals surface area contributed by atoms with Crippen LogP contribution in [0.2, 0.25) is 0 Å². The number of hydrogen-bond acceptors (Lipinski definition) is 4. The van der Waals surface area contributed by atoms with Crippen molar-refractivity contribution in [2.75, 3.05) is 50.8 Å². The predicted molar refractivity (Wildman–Crippen MR) is 133 cm³/mol. The molecule has 1 unspecified atom stereocenters. The molecule has 2 aliphatic heterocycles. The minimum Gasteiger partial charge on any atom is -0.378 e. The summed E-state index contributed by atoms with van der Waals surface area (Å²) in [4.78, 5) is 21.3. The molecule has 3 rings (SSSR count). The topological polar surface area (TPSA) is 69.2 Å². The van der Waals surface area contributed by atoms with E-state index >= 15 is 0 Å². The molecular formula is C22H36IN5O2. The molecule has 0 aromatic heterocycles. The maximum atomic E-state index is 12.2. The number of ether oxygens (including phenoxy) is 1. The summed E-state index contributed by atoms with van der Waals surface area (Å²) in [7, 11) is 0. The lowest BCUT2D eigenvalue weighted by atomic mass is 10.2. The number of benzene rings is 1. The number of nitrogens with zero attached hydrogens (tertiary/aromatic N) is 3. The normalized spacial score (nSPS) is 19.6. The highest BCUT2D eigenvalue weighted by Gasteiger charge is 2.27. The molecule has 2 heterocycles. The molecule has 2 N–H and O–H groups in total. The molecule has 2 fully saturated rings. The number of nitrogens with one attached hydrogen (secondary N) is 2. The summed E-state index contributed by atoms with van der Waals surface area (Å²) in [6.07, 6.45) is 0.955. The number of rotatable bonds is 6. The van der Waals surface area contributed by atoms with Gasteiger partial charge in [-0.2, -0.15) is 0 Å². The second-order valence-corrected chi connectivity index (χ2v) is 8.03. The third-order valence-electron chi connectivity index (χ3n) is 5.41. The molecule has 1 atom stereocenters. The highest BCUT2D eigenvalue weighted by atomic mass is 127. The van der Waals surface area contributed by atoms with E-state index in [1.54, 1.807) is 0 Å². The van der Waals surface area contributed by atoms with Crippen LogP contribution in [-0.2, 0) is 16.1 Å². The lowest BCUT2D eigenvalue weighted by Gasteiger charge is -2.28. The van der Waals surface area contributed by atoms with Gasteiger partial charge in [0.15, 0.2) is 5.96 Å². The van der Waals surface area contributed by atoms with Crippen LogP contribution in [0, 0.1) is 5.92 Å². The van der Waals surface area contributed by atoms with E-state index in [2.05, 4.69) is 46.7 Å². The number of hydrogen-bond donors (Lipinski definition) is 2. The Kier molecular flexibility index (Phi) is 10.2. The zero-order chi connectivity index (χ0) is 20.6. The van der Waals surface area contributed by atoms with Crippen LogP contribution in [0.15, 0.2) is 29.3 Å². The number of aliphatic imine (C=N–C) groups is 1. The second kappa shape index (κ2) is 12.3. The molecule has 7 nitrogen and oxygen atoms in total. The van der Waals surface area contributed by atoms with E-state index in [9.17, 15) is 4.79 Å². The average Bonchev–Trinajstić information content (AvgIpc) is 3.21. The first-order valence-electron chi connectivity index (χ1n) is 10.8. The molecule has 1 amide bonds. The Bertz CT molecular complexity index is 689. The van der Waals surface area contributed by atoms with Gasteiger partial charge in [-0.15, -0.1) is 24.0 Å². The molecule has 168 valence electrons. The number of anilines is 1. The Labute approximate surface area is 197 Å². The van der Waals surface area contributed by atoms with Crippen LogP contribution in [0.1, 0.15) is 32.8 Å². The SMILES string of the molecule is CCNC(=NCc1ccc(N2CCOCC2)cc1)NC1CCN(C(=O)C(C)C)C1.I. The number of morpholine rings is 1. The maximum absolute atomic E-state index is 12.2. The Morgan fingerprint density at radius 1 is 1.20 bits per heavy atom. The van der Waals surface area contributed by atoms with Crippen LogP contribution in [0.4, 0.5) is 5.69 Å². The van der Waals surface area contributed by atoms with E-state index in [0.717, 1.165) is 58.3 Å². The molecule has 0 bridgehead atoms. The quantitative estimate of drug-likeness (QED) is 0.337. The third kappa shape index (κ3) is 7.01. The first-order chi connectivity index (χ1) is 14.1. The van der Waals surface area contributed by atoms with E-state index in [0.29, 0.717) is 6.54 Å². The summed E-state index contributed by atoms with van der Waals surface area (Å²) >= 11 is 0. The van der Waals surface area contributed by atoms with Gasteiger partial charge in [0.05, 0.1) is 19.8 Å². The average molecular weight is 529 g/mol. The lowest BCUT2D eigenvalue weighted by molar-refractivity contribution is -0.133. The van der Waals surface area contributed by atoms with Crippen molar-refractivity contribution >= 4 is 41.5 Å². The van der Waals surface area contributed by atoms with Crippen molar-refractivity contribution in [2.45, 2.75) is 39.8 Å². The van der Waals surface area contributed by atoms with Gasteiger partial charge in [-0.25, -0.2) is 4.99 Å². The summed E-state index contributed by atoms with van der Waals surface area (Å²) in [6.45, 7) is 12.5. The van der Waals surface area contributed by atoms with Gasteiger partial charge in [-0.3, -0.25) is 4.79 Å². The van der Waals surface area contributed by atoms with E-state index in [1.165, 1.54) is 11.3 Å². The predicted octanol–water partition coefficient (Wildman–Crippen LogP) is 2.45. The molecule has 1 aromatic rings. The molecule has 30 heavy (non-hydrogen) atoms. The Morgan fingerprint density at radius 3 is 2.53 bits per heavy atom. The molecule has 0 aliphatic carbocycles. The van der Waals surface area contributed by atoms with Crippen molar-refractivity contribution < 1.29 is 9.53 Å². The van der Waals surface area contributed by atoms with Crippen LogP contribution in [-0.4, -0.2) is 68.7 Å². The summed E-state index contributed by atoms with van der Waals surface area (Å²) in [5, 5.41) is 6.82. The zero-order valence-corrected chi connectivity index (χ0v) is 20.7. The van der Waals surface area contributed by atoms with Crippen LogP contribution in [0.3, 0.4) is 0 Å². The Hall–Kier alpha value is -1.55. The molecule has 2 saturated heterocycles. The molecule has 8 heteroatoms. The van der Waals surface area contributed by atoms with Crippen molar-refractivity contribution in [1.29, 1.82) is 0 Å². The number of carbonyl (C=O) groups excluding carboxylic acids is 1. The van der Waals surface area contributed by atoms with Gasteiger partial charge in [0.25, 0.3) is 0 Å². The molecule has 1 aromatic carbocycles. The molecule has 0 spiro atoms. The zero-order valence-electron chi connectivity index (χ0n) is 18.4. The van der Waals surface area contributed by atoms with Crippen molar-refractivity contribution in [1.82, 2.24) is 15.5 Å². The first kappa shape index (κ1) is 24.7. The monoisotopic (exact) mass is 529 g/mol. The summed E-state index contributed by atoms with van der Waals surface area (Å²) in [5.74, 6) is 1.10. The van der Waals surface area contributed by atoms with Gasteiger partial charge in [0.1, 0.15) is 0 Å². The molecular weight excluding hydrogens is 493 g/mol. The summed E-state index contributed by atoms with van der Waals surface area (Å²) in [5.41, 5.74) is 2.43. The van der Waals surface area contributed by atoms with E-state index in [4.69, 9.17) is 9.73 Å². The number of halogens is 1. The third-order valence-corrected chi connectivity index (χ3v) is 5.41. The number of likely N-dealkylation sites (tertiary alicyclic amines) is 1. The van der Waals surface area contributed by atoms with Gasteiger partial charge >= 0.3 is 0 Å². The highest BCUT2D eigenvalue weighted by Crippen LogP contribution is 2.17. The maximum Gasteiger partial charge on any atom is 0.225 e. The van der Waals surface area contributed by atoms with Gasteiger partial charge in [-0.05, 0) is 31.0 Å². The van der Waals surface area contributed by atoms with Gasteiger partial charge < -0.3 is 25.2 Å². The second-order valence-electron chi connectivity index (χ2n) is 8.03. The van der Waals surface area contributed by atoms with Gasteiger partial charge in [-0.1, -0.05) is 26.0 Å². The van der Waals surface area contributed by atoms with E-state index in [-0.39, 0.29) is 41.8 Å². The fraction of sp³-hybridized carbons (Fsp3) is 0.636. The van der Waals surface area contributed by atoms with Crippen LogP contribution < -0.4 is 15.5 Å². The number of amides is 1. The molecule has 0 saturated carbocycles. The number of guanidine groups is 1. The van der Waals surface area contributed by atoms with Crippen molar-refractivity contribution in [3.8, 4) is 0 Å². The minimum atomic E-state index is 0. The van der Waals surface area contributed by atoms with E-state index < -0.39 is 0 Å². The fourth-order valence-corrected chi connectivity index (χ4v) is 3.76. The lowest BCUT2D eigenvalue weighted by Crippen LogP contribution is -2.45. The van der Waals surface area contributed by atoms with Crippen molar-refractivity contribution in [3.63, 3.8) is 0 Å². The van der Waals surface area contributed by atoms with E-state index in [1.807, 2.05) is 18.7 Å². The van der Waals surface area contributed by atoms with Crippen LogP contribution >= 0.6 is 24.0 Å². The van der Waals surface area contributed by atoms with Gasteiger partial charge in [0.2, 0.25) is 5.91 Å². The van der Waals surface area contributed by atoms with Crippen LogP contribution in [0.5, 0.6) is 0 Å². The standard InChI is InChI=1S/C22H35N5O2.HI/c1-4-23-22(25-19-9-10-27(16-19)21(28)17(2)3)24-15-18-5-7-20(8-6-18)26-11-13-29-14-12-26;/h5-8,17,19H,4,9-16H2,1-3H3,(H2,23,24,25);1H. The fourth-order valence-electron chi connectivity index (χ4n) is 3.76. The molecule has 2 aliphatic rings. The Balaban J connectivity index is 0.00000320. The smallest absolute Gasteiger partial charge is 0.225 e. The largest absolute Gasteiger partial charge is 0.378 e.